The van der Waals surface area contributed by atoms with Crippen molar-refractivity contribution in [1.29, 1.82) is 5.26 Å². The lowest BCUT2D eigenvalue weighted by atomic mass is 9.95. The van der Waals surface area contributed by atoms with Crippen molar-refractivity contribution in [2.75, 3.05) is 31.2 Å². The van der Waals surface area contributed by atoms with Gasteiger partial charge in [0.05, 0.1) is 24.8 Å². The molecule has 0 aliphatic carbocycles. The molecule has 2 N–H and O–H groups in total. The van der Waals surface area contributed by atoms with Crippen LogP contribution in [0.5, 0.6) is 11.5 Å². The van der Waals surface area contributed by atoms with E-state index in [0.29, 0.717) is 28.1 Å². The highest BCUT2D eigenvalue weighted by Crippen LogP contribution is 2.44. The van der Waals surface area contributed by atoms with Crippen LogP contribution in [0.2, 0.25) is 0 Å². The summed E-state index contributed by atoms with van der Waals surface area (Å²) in [5.74, 6) is 0.0539. The van der Waals surface area contributed by atoms with Gasteiger partial charge in [0.2, 0.25) is 0 Å². The van der Waals surface area contributed by atoms with Crippen molar-refractivity contribution in [1.82, 2.24) is 4.98 Å². The summed E-state index contributed by atoms with van der Waals surface area (Å²) < 4.78 is 21.8. The maximum Gasteiger partial charge on any atom is 0.412 e. The number of pyridine rings is 1. The molecule has 0 atom stereocenters. The maximum atomic E-state index is 13.0. The third-order valence-corrected chi connectivity index (χ3v) is 6.20. The Bertz CT molecular complexity index is 1640. The number of rotatable bonds is 9. The number of anilines is 2. The van der Waals surface area contributed by atoms with Crippen LogP contribution >= 0.6 is 0 Å². The Balaban J connectivity index is 2.02. The van der Waals surface area contributed by atoms with Crippen LogP contribution in [0.15, 0.2) is 71.3 Å². The normalized spacial score (nSPS) is 11.0. The fourth-order valence-electron chi connectivity index (χ4n) is 4.48. The van der Waals surface area contributed by atoms with Crippen molar-refractivity contribution in [3.63, 3.8) is 0 Å². The molecule has 11 nitrogen and oxygen atoms in total. The lowest BCUT2D eigenvalue weighted by Gasteiger charge is -2.34. The first-order chi connectivity index (χ1) is 20.1. The number of carbonyl (C=O) groups excluding carboxylic acids is 1. The molecule has 2 amide bonds. The number of ether oxygens (including phenoxy) is 3. The molecule has 0 aliphatic rings. The molecule has 0 fully saturated rings. The molecular weight excluding hydrogens is 540 g/mol. The minimum absolute atomic E-state index is 0.0179. The fourth-order valence-corrected chi connectivity index (χ4v) is 4.48. The van der Waals surface area contributed by atoms with Crippen LogP contribution in [0.4, 0.5) is 16.3 Å². The van der Waals surface area contributed by atoms with E-state index in [2.05, 4.69) is 16.4 Å². The van der Waals surface area contributed by atoms with Crippen LogP contribution in [-0.2, 0) is 4.74 Å². The highest BCUT2D eigenvalue weighted by molar-refractivity contribution is 6.03. The highest BCUT2D eigenvalue weighted by atomic mass is 16.7. The maximum absolute atomic E-state index is 13.0. The molecule has 42 heavy (non-hydrogen) atoms. The Kier molecular flexibility index (Phi) is 8.79. The van der Waals surface area contributed by atoms with Gasteiger partial charge in [0.25, 0.3) is 5.91 Å². The van der Waals surface area contributed by atoms with Gasteiger partial charge in [-0.3, -0.25) is 9.69 Å². The van der Waals surface area contributed by atoms with Crippen LogP contribution in [0.25, 0.3) is 22.4 Å². The monoisotopic (exact) mass is 570 g/mol. The molecule has 0 aliphatic heterocycles. The Morgan fingerprint density at radius 3 is 2.40 bits per heavy atom. The van der Waals surface area contributed by atoms with Gasteiger partial charge in [-0.15, -0.1) is 0 Å². The number of hydrogen-bond donors (Lipinski definition) is 2. The Labute approximate surface area is 242 Å². The van der Waals surface area contributed by atoms with Crippen molar-refractivity contribution >= 4 is 23.5 Å². The predicted octanol–water partition coefficient (Wildman–Crippen LogP) is 6.41. The summed E-state index contributed by atoms with van der Waals surface area (Å²) in [5.41, 5.74) is 1.17. The number of hydrogen-bond acceptors (Lipinski definition) is 8. The number of amides is 2. The fraction of sp³-hybridized carbons (Fsp3) is 0.226. The topological polar surface area (TPSA) is 147 Å². The van der Waals surface area contributed by atoms with Crippen LogP contribution in [0.1, 0.15) is 36.9 Å². The van der Waals surface area contributed by atoms with E-state index in [1.54, 1.807) is 75.4 Å². The van der Waals surface area contributed by atoms with E-state index in [1.165, 1.54) is 31.4 Å². The first-order valence-corrected chi connectivity index (χ1v) is 12.8. The molecule has 0 radical (unpaired) electrons. The second-order valence-corrected chi connectivity index (χ2v) is 10.0. The summed E-state index contributed by atoms with van der Waals surface area (Å²) in [4.78, 5) is 31.2. The molecule has 0 unspecified atom stereocenters. The van der Waals surface area contributed by atoms with Gasteiger partial charge < -0.3 is 29.1 Å². The number of nitrogens with zero attached hydrogens (tertiary/aromatic N) is 3. The van der Waals surface area contributed by atoms with Gasteiger partial charge in [-0.25, -0.2) is 9.78 Å². The number of furan rings is 1. The molecule has 2 aromatic carbocycles. The van der Waals surface area contributed by atoms with Crippen molar-refractivity contribution in [3.8, 4) is 40.0 Å². The Morgan fingerprint density at radius 1 is 1.05 bits per heavy atom. The molecule has 0 bridgehead atoms. The predicted molar refractivity (Wildman–Crippen MR) is 156 cm³/mol. The summed E-state index contributed by atoms with van der Waals surface area (Å²) in [6.45, 7) is 5.27. The van der Waals surface area contributed by atoms with Gasteiger partial charge in [0.1, 0.15) is 17.4 Å². The quantitative estimate of drug-likeness (QED) is 0.218. The number of methoxy groups -OCH3 is 2. The molecule has 2 aromatic heterocycles. The molecule has 4 aromatic rings. The first kappa shape index (κ1) is 29.6. The van der Waals surface area contributed by atoms with Crippen molar-refractivity contribution in [3.05, 3.63) is 78.3 Å². The molecule has 4 rings (SSSR count). The average Bonchev–Trinajstić information content (AvgIpc) is 3.50. The molecule has 0 saturated carbocycles. The molecule has 216 valence electrons. The van der Waals surface area contributed by atoms with Crippen molar-refractivity contribution < 1.29 is 33.3 Å². The lowest BCUT2D eigenvalue weighted by Crippen LogP contribution is -2.45. The minimum atomic E-state index is -1.18. The second-order valence-electron chi connectivity index (χ2n) is 10.0. The summed E-state index contributed by atoms with van der Waals surface area (Å²) in [6, 6.07) is 19.0. The second kappa shape index (κ2) is 12.4. The van der Waals surface area contributed by atoms with E-state index >= 15 is 0 Å². The Hall–Kier alpha value is -5.34. The van der Waals surface area contributed by atoms with Gasteiger partial charge in [-0.1, -0.05) is 24.3 Å². The molecule has 11 heteroatoms. The molecular formula is C31H30N4O7. The number of nitriles is 1. The Morgan fingerprint density at radius 2 is 1.79 bits per heavy atom. The molecule has 0 spiro atoms. The van der Waals surface area contributed by atoms with Crippen LogP contribution < -0.4 is 19.7 Å². The van der Waals surface area contributed by atoms with Gasteiger partial charge in [-0.2, -0.15) is 5.26 Å². The average molecular weight is 571 g/mol. The number of para-hydroxylation sites is 2. The summed E-state index contributed by atoms with van der Waals surface area (Å²) in [7, 11) is 2.92. The van der Waals surface area contributed by atoms with Crippen LogP contribution in [0.3, 0.4) is 0 Å². The third-order valence-electron chi connectivity index (χ3n) is 6.20. The van der Waals surface area contributed by atoms with Crippen LogP contribution in [-0.4, -0.2) is 48.6 Å². The summed E-state index contributed by atoms with van der Waals surface area (Å²) in [5, 5.41) is 23.1. The lowest BCUT2D eigenvalue weighted by molar-refractivity contribution is 0.0515. The number of aromatic nitrogens is 1. The standard InChI is InChI=1S/C31H30N4O7/c1-31(2,3)35(30(37)38)24-12-8-11-19(27(24)40-5)21-16-23(20-10-6-7-13-25(20)42-18-39-4)33-28(22(21)17-32)34-29(36)26-14-9-15-41-26/h6-16H,18H2,1-5H3,(H,37,38)(H,33,34,36). The number of benzene rings is 2. The van der Waals surface area contributed by atoms with Crippen molar-refractivity contribution in [2.45, 2.75) is 26.3 Å². The van der Waals surface area contributed by atoms with Crippen molar-refractivity contribution in [2.24, 2.45) is 0 Å². The van der Waals surface area contributed by atoms with E-state index in [1.807, 2.05) is 0 Å². The van der Waals surface area contributed by atoms with E-state index < -0.39 is 17.5 Å². The summed E-state index contributed by atoms with van der Waals surface area (Å²) >= 11 is 0. The molecule has 0 saturated heterocycles. The van der Waals surface area contributed by atoms with Gasteiger partial charge in [0, 0.05) is 29.3 Å². The van der Waals surface area contributed by atoms with E-state index in [-0.39, 0.29) is 35.4 Å². The zero-order valence-corrected chi connectivity index (χ0v) is 23.8. The van der Waals surface area contributed by atoms with Crippen LogP contribution in [0, 0.1) is 11.3 Å². The smallest absolute Gasteiger partial charge is 0.412 e. The largest absolute Gasteiger partial charge is 0.494 e. The zero-order valence-electron chi connectivity index (χ0n) is 23.8. The van der Waals surface area contributed by atoms with E-state index in [4.69, 9.17) is 18.6 Å². The summed E-state index contributed by atoms with van der Waals surface area (Å²) in [6.07, 6.45) is 0.183. The first-order valence-electron chi connectivity index (χ1n) is 12.8. The number of carbonyl (C=O) groups is 2. The zero-order chi connectivity index (χ0) is 30.4. The SMILES string of the molecule is COCOc1ccccc1-c1cc(-c2cccc(N(C(=O)O)C(C)(C)C)c2OC)c(C#N)c(NC(=O)c2ccco2)n1. The van der Waals surface area contributed by atoms with Gasteiger partial charge in [-0.05, 0) is 57.2 Å². The van der Waals surface area contributed by atoms with Gasteiger partial charge in [0.15, 0.2) is 24.1 Å². The number of nitrogens with one attached hydrogen (secondary N) is 1. The third kappa shape index (κ3) is 6.04. The number of carboxylic acid groups (broad SMARTS) is 1. The highest BCUT2D eigenvalue weighted by Gasteiger charge is 2.32. The van der Waals surface area contributed by atoms with E-state index in [0.717, 1.165) is 0 Å². The van der Waals surface area contributed by atoms with Gasteiger partial charge >= 0.3 is 6.09 Å². The molecule has 2 heterocycles. The van der Waals surface area contributed by atoms with E-state index in [9.17, 15) is 20.0 Å². The minimum Gasteiger partial charge on any atom is -0.494 e.